The number of non-ortho nitro benzene ring substituents is 1. The lowest BCUT2D eigenvalue weighted by Gasteiger charge is -2.04. The fraction of sp³-hybridized carbons (Fsp3) is 0.182. The number of hydrogen-bond acceptors (Lipinski definition) is 3. The van der Waals surface area contributed by atoms with E-state index in [1.165, 1.54) is 18.2 Å². The van der Waals surface area contributed by atoms with Gasteiger partial charge in [0.1, 0.15) is 0 Å². The third-order valence-corrected chi connectivity index (χ3v) is 2.84. The van der Waals surface area contributed by atoms with Crippen LogP contribution in [0.2, 0.25) is 0 Å². The molecular weight excluding hydrogens is 272 g/mol. The minimum atomic E-state index is -0.471. The first-order chi connectivity index (χ1) is 7.58. The van der Waals surface area contributed by atoms with E-state index in [1.54, 1.807) is 0 Å². The molecule has 0 N–H and O–H groups in total. The Labute approximate surface area is 101 Å². The molecule has 0 aliphatic rings. The number of hydrogen-bond donors (Lipinski definition) is 0. The lowest BCUT2D eigenvalue weighted by atomic mass is 10.0. The molecule has 0 saturated heterocycles. The highest BCUT2D eigenvalue weighted by atomic mass is 79.9. The van der Waals surface area contributed by atoms with Crippen molar-refractivity contribution in [2.24, 2.45) is 0 Å². The highest BCUT2D eigenvalue weighted by Gasteiger charge is 2.11. The molecule has 0 radical (unpaired) electrons. The van der Waals surface area contributed by atoms with Gasteiger partial charge in [0.15, 0.2) is 0 Å². The Morgan fingerprint density at radius 2 is 2.31 bits per heavy atom. The molecular formula is C11H9BrN2O2. The van der Waals surface area contributed by atoms with Crippen LogP contribution in [0, 0.1) is 21.4 Å². The number of halogens is 1. The highest BCUT2D eigenvalue weighted by molar-refractivity contribution is 9.09. The van der Waals surface area contributed by atoms with Crippen LogP contribution in [0.1, 0.15) is 11.1 Å². The average molecular weight is 281 g/mol. The van der Waals surface area contributed by atoms with Crippen molar-refractivity contribution in [1.82, 2.24) is 0 Å². The van der Waals surface area contributed by atoms with E-state index in [0.29, 0.717) is 22.9 Å². The van der Waals surface area contributed by atoms with Crippen LogP contribution in [-0.2, 0) is 6.42 Å². The van der Waals surface area contributed by atoms with Gasteiger partial charge < -0.3 is 0 Å². The maximum Gasteiger partial charge on any atom is 0.269 e. The van der Waals surface area contributed by atoms with E-state index in [0.717, 1.165) is 5.57 Å². The van der Waals surface area contributed by atoms with Crippen LogP contribution in [0.3, 0.4) is 0 Å². The van der Waals surface area contributed by atoms with Crippen LogP contribution in [0.15, 0.2) is 30.4 Å². The number of nitro groups is 1. The molecule has 0 fully saturated rings. The van der Waals surface area contributed by atoms with Gasteiger partial charge in [-0.3, -0.25) is 10.1 Å². The summed E-state index contributed by atoms with van der Waals surface area (Å²) < 4.78 is 0. The molecule has 1 aromatic carbocycles. The molecule has 0 aromatic heterocycles. The fourth-order valence-electron chi connectivity index (χ4n) is 1.27. The Morgan fingerprint density at radius 1 is 1.62 bits per heavy atom. The zero-order valence-electron chi connectivity index (χ0n) is 8.44. The lowest BCUT2D eigenvalue weighted by molar-refractivity contribution is -0.384. The van der Waals surface area contributed by atoms with Crippen molar-refractivity contribution in [1.29, 1.82) is 5.26 Å². The van der Waals surface area contributed by atoms with Gasteiger partial charge in [0, 0.05) is 17.5 Å². The Hall–Kier alpha value is -1.67. The van der Waals surface area contributed by atoms with Gasteiger partial charge in [-0.25, -0.2) is 0 Å². The van der Waals surface area contributed by atoms with Crippen molar-refractivity contribution in [2.45, 2.75) is 6.42 Å². The second kappa shape index (κ2) is 5.42. The first-order valence-corrected chi connectivity index (χ1v) is 5.60. The van der Waals surface area contributed by atoms with Crippen LogP contribution in [0.4, 0.5) is 5.69 Å². The molecule has 0 amide bonds. The third kappa shape index (κ3) is 2.91. The van der Waals surface area contributed by atoms with Gasteiger partial charge in [0.2, 0.25) is 0 Å². The molecule has 0 unspecified atom stereocenters. The molecule has 5 heteroatoms. The molecule has 4 nitrogen and oxygen atoms in total. The molecule has 0 atom stereocenters. The molecule has 0 aliphatic carbocycles. The minimum absolute atomic E-state index is 0.00336. The van der Waals surface area contributed by atoms with Crippen molar-refractivity contribution in [3.05, 3.63) is 51.6 Å². The number of alkyl halides is 1. The van der Waals surface area contributed by atoms with E-state index < -0.39 is 4.92 Å². The first kappa shape index (κ1) is 12.4. The van der Waals surface area contributed by atoms with E-state index in [9.17, 15) is 10.1 Å². The van der Waals surface area contributed by atoms with Gasteiger partial charge in [-0.05, 0) is 18.1 Å². The predicted octanol–water partition coefficient (Wildman–Crippen LogP) is 2.96. The molecule has 1 aromatic rings. The van der Waals surface area contributed by atoms with Crippen LogP contribution in [-0.4, -0.2) is 10.3 Å². The van der Waals surface area contributed by atoms with Gasteiger partial charge in [0.25, 0.3) is 5.69 Å². The molecule has 0 heterocycles. The van der Waals surface area contributed by atoms with Gasteiger partial charge in [-0.1, -0.05) is 28.1 Å². The number of benzene rings is 1. The number of rotatable bonds is 4. The van der Waals surface area contributed by atoms with Crippen LogP contribution >= 0.6 is 15.9 Å². The SMILES string of the molecule is C=C(CBr)Cc1cc([N+](=O)[O-])ccc1C#N. The normalized spacial score (nSPS) is 9.50. The molecule has 0 bridgehead atoms. The second-order valence-electron chi connectivity index (χ2n) is 3.27. The second-order valence-corrected chi connectivity index (χ2v) is 3.83. The molecule has 0 saturated carbocycles. The van der Waals surface area contributed by atoms with E-state index in [1.807, 2.05) is 6.07 Å². The lowest BCUT2D eigenvalue weighted by Crippen LogP contribution is -1.97. The largest absolute Gasteiger partial charge is 0.269 e. The highest BCUT2D eigenvalue weighted by Crippen LogP contribution is 2.20. The minimum Gasteiger partial charge on any atom is -0.258 e. The Bertz CT molecular complexity index is 477. The van der Waals surface area contributed by atoms with Crippen molar-refractivity contribution < 1.29 is 4.92 Å². The summed E-state index contributed by atoms with van der Waals surface area (Å²) in [5.74, 6) is 0. The van der Waals surface area contributed by atoms with E-state index in [2.05, 4.69) is 22.5 Å². The maximum absolute atomic E-state index is 10.6. The van der Waals surface area contributed by atoms with Crippen LogP contribution < -0.4 is 0 Å². The van der Waals surface area contributed by atoms with Crippen LogP contribution in [0.25, 0.3) is 0 Å². The number of allylic oxidation sites excluding steroid dienone is 1. The summed E-state index contributed by atoms with van der Waals surface area (Å²) in [5.41, 5.74) is 1.96. The quantitative estimate of drug-likeness (QED) is 0.369. The molecule has 0 spiro atoms. The van der Waals surface area contributed by atoms with Crippen molar-refractivity contribution >= 4 is 21.6 Å². The summed E-state index contributed by atoms with van der Waals surface area (Å²) >= 11 is 3.25. The van der Waals surface area contributed by atoms with Gasteiger partial charge in [-0.2, -0.15) is 5.26 Å². The van der Waals surface area contributed by atoms with Crippen molar-refractivity contribution in [3.8, 4) is 6.07 Å². The summed E-state index contributed by atoms with van der Waals surface area (Å²) in [6.45, 7) is 3.79. The van der Waals surface area contributed by atoms with E-state index >= 15 is 0 Å². The van der Waals surface area contributed by atoms with E-state index in [-0.39, 0.29) is 5.69 Å². The topological polar surface area (TPSA) is 66.9 Å². The summed E-state index contributed by atoms with van der Waals surface area (Å²) in [6, 6.07) is 6.23. The van der Waals surface area contributed by atoms with Gasteiger partial charge in [0.05, 0.1) is 16.6 Å². The third-order valence-electron chi connectivity index (χ3n) is 2.05. The summed E-state index contributed by atoms with van der Waals surface area (Å²) in [4.78, 5) is 10.1. The Morgan fingerprint density at radius 3 is 2.81 bits per heavy atom. The smallest absolute Gasteiger partial charge is 0.258 e. The number of nitro benzene ring substituents is 1. The summed E-state index contributed by atoms with van der Waals surface area (Å²) in [5, 5.41) is 20.1. The first-order valence-electron chi connectivity index (χ1n) is 4.48. The Balaban J connectivity index is 3.13. The summed E-state index contributed by atoms with van der Waals surface area (Å²) in [7, 11) is 0. The van der Waals surface area contributed by atoms with E-state index in [4.69, 9.17) is 5.26 Å². The number of nitrogens with zero attached hydrogens (tertiary/aromatic N) is 2. The standard InChI is InChI=1S/C11H9BrN2O2/c1-8(6-12)4-10-5-11(14(15)16)3-2-9(10)7-13/h2-3,5H,1,4,6H2. The zero-order valence-corrected chi connectivity index (χ0v) is 10.0. The van der Waals surface area contributed by atoms with Gasteiger partial charge >= 0.3 is 0 Å². The van der Waals surface area contributed by atoms with Crippen LogP contribution in [0.5, 0.6) is 0 Å². The van der Waals surface area contributed by atoms with Crippen molar-refractivity contribution in [3.63, 3.8) is 0 Å². The molecule has 1 rings (SSSR count). The molecule has 16 heavy (non-hydrogen) atoms. The van der Waals surface area contributed by atoms with Gasteiger partial charge in [-0.15, -0.1) is 0 Å². The monoisotopic (exact) mass is 280 g/mol. The zero-order chi connectivity index (χ0) is 12.1. The molecule has 82 valence electrons. The predicted molar refractivity (Wildman–Crippen MR) is 64.4 cm³/mol. The van der Waals surface area contributed by atoms with Crippen molar-refractivity contribution in [2.75, 3.05) is 5.33 Å². The molecule has 0 aliphatic heterocycles. The Kier molecular flexibility index (Phi) is 4.20. The summed E-state index contributed by atoms with van der Waals surface area (Å²) in [6.07, 6.45) is 0.468. The fourth-order valence-corrected chi connectivity index (χ4v) is 1.46. The number of nitriles is 1. The maximum atomic E-state index is 10.6. The average Bonchev–Trinajstić information content (AvgIpc) is 2.28.